The lowest BCUT2D eigenvalue weighted by atomic mass is 9.97. The first kappa shape index (κ1) is 30.0. The van der Waals surface area contributed by atoms with Crippen molar-refractivity contribution in [3.63, 3.8) is 0 Å². The number of carbonyl (C=O) groups excluding carboxylic acids is 4. The first-order valence-electron chi connectivity index (χ1n) is 12.1. The summed E-state index contributed by atoms with van der Waals surface area (Å²) in [5, 5.41) is 14.3. The molecule has 3 N–H and O–H groups in total. The second kappa shape index (κ2) is 11.9. The molecule has 2 rings (SSSR count). The highest BCUT2D eigenvalue weighted by molar-refractivity contribution is 6.35. The maximum absolute atomic E-state index is 13.1. The lowest BCUT2D eigenvalue weighted by molar-refractivity contribution is -0.730. The first-order chi connectivity index (χ1) is 17.0. The van der Waals surface area contributed by atoms with Crippen LogP contribution in [0.2, 0.25) is 5.02 Å². The minimum absolute atomic E-state index is 0.124. The summed E-state index contributed by atoms with van der Waals surface area (Å²) in [5.41, 5.74) is -3.63. The minimum atomic E-state index is -1.14. The van der Waals surface area contributed by atoms with Crippen LogP contribution in [0.3, 0.4) is 0 Å². The number of nitrogens with one attached hydrogen (secondary N) is 2. The van der Waals surface area contributed by atoms with Crippen molar-refractivity contribution >= 4 is 41.2 Å². The van der Waals surface area contributed by atoms with Gasteiger partial charge in [0.25, 0.3) is 16.6 Å². The summed E-state index contributed by atoms with van der Waals surface area (Å²) in [6.45, 7) is 9.30. The number of halogens is 1. The zero-order chi connectivity index (χ0) is 28.1. The molecule has 1 aromatic rings. The Balaban J connectivity index is 2.52. The number of amides is 3. The molecule has 1 aliphatic carbocycles. The summed E-state index contributed by atoms with van der Waals surface area (Å²) in [4.78, 5) is 62.3. The van der Waals surface area contributed by atoms with Crippen LogP contribution in [0.1, 0.15) is 90.4 Å². The van der Waals surface area contributed by atoms with E-state index in [1.165, 1.54) is 20.8 Å². The van der Waals surface area contributed by atoms with Gasteiger partial charge in [-0.2, -0.15) is 0 Å². The van der Waals surface area contributed by atoms with Crippen molar-refractivity contribution in [3.05, 3.63) is 21.6 Å². The van der Waals surface area contributed by atoms with E-state index < -0.39 is 67.4 Å². The highest BCUT2D eigenvalue weighted by Gasteiger charge is 2.40. The van der Waals surface area contributed by atoms with Crippen molar-refractivity contribution in [1.82, 2.24) is 10.6 Å². The Morgan fingerprint density at radius 1 is 0.946 bits per heavy atom. The van der Waals surface area contributed by atoms with Crippen LogP contribution < -0.4 is 20.1 Å². The quantitative estimate of drug-likeness (QED) is 0.199. The second-order valence-corrected chi connectivity index (χ2v) is 11.5. The molecular weight excluding hydrogens is 506 g/mol. The largest absolute Gasteiger partial charge is 0.422 e. The number of rotatable bonds is 5. The first-order valence-corrected chi connectivity index (χ1v) is 12.5. The van der Waals surface area contributed by atoms with Gasteiger partial charge in [0.15, 0.2) is 5.75 Å². The van der Waals surface area contributed by atoms with Crippen molar-refractivity contribution in [2.24, 2.45) is 10.8 Å². The van der Waals surface area contributed by atoms with Crippen molar-refractivity contribution in [2.45, 2.75) is 86.1 Å². The molecule has 0 bridgehead atoms. The number of carbonyl (C=O) groups is 4. The van der Waals surface area contributed by atoms with E-state index in [9.17, 15) is 29.3 Å². The summed E-state index contributed by atoms with van der Waals surface area (Å²) in [7, 11) is 0. The fraction of sp³-hybridized carbons (Fsp3) is 0.600. The molecule has 1 fully saturated rings. The van der Waals surface area contributed by atoms with Gasteiger partial charge in [-0.05, 0) is 54.4 Å². The topological polar surface area (TPSA) is 151 Å². The lowest BCUT2D eigenvalue weighted by Gasteiger charge is -2.21. The molecule has 37 heavy (non-hydrogen) atoms. The Kier molecular flexibility index (Phi) is 9.65. The molecular formula is C25H35ClN3O8+. The van der Waals surface area contributed by atoms with Crippen molar-refractivity contribution in [2.75, 3.05) is 0 Å². The van der Waals surface area contributed by atoms with Gasteiger partial charge in [0.2, 0.25) is 0 Å². The average molecular weight is 541 g/mol. The van der Waals surface area contributed by atoms with E-state index in [1.807, 2.05) is 0 Å². The third-order valence-electron chi connectivity index (χ3n) is 5.63. The number of urea groups is 1. The van der Waals surface area contributed by atoms with Gasteiger partial charge in [0.1, 0.15) is 5.56 Å². The van der Waals surface area contributed by atoms with E-state index in [2.05, 4.69) is 10.6 Å². The monoisotopic (exact) mass is 540 g/mol. The Morgan fingerprint density at radius 2 is 1.46 bits per heavy atom. The van der Waals surface area contributed by atoms with Gasteiger partial charge in [0, 0.05) is 12.1 Å². The lowest BCUT2D eigenvalue weighted by Crippen LogP contribution is -2.44. The fourth-order valence-electron chi connectivity index (χ4n) is 3.48. The Hall–Kier alpha value is -3.21. The highest BCUT2D eigenvalue weighted by atomic mass is 35.5. The number of esters is 2. The molecule has 1 aliphatic rings. The molecule has 12 heteroatoms. The number of imide groups is 1. The predicted octanol–water partition coefficient (Wildman–Crippen LogP) is 5.20. The van der Waals surface area contributed by atoms with Gasteiger partial charge in [-0.15, -0.1) is 0 Å². The normalized spacial score (nSPS) is 14.8. The predicted molar refractivity (Wildman–Crippen MR) is 134 cm³/mol. The van der Waals surface area contributed by atoms with E-state index in [1.54, 1.807) is 20.8 Å². The molecule has 1 aromatic carbocycles. The van der Waals surface area contributed by atoms with Crippen LogP contribution in [0.25, 0.3) is 0 Å². The van der Waals surface area contributed by atoms with Crippen LogP contribution in [-0.2, 0) is 9.59 Å². The Labute approximate surface area is 220 Å². The van der Waals surface area contributed by atoms with Crippen molar-refractivity contribution in [1.29, 1.82) is 0 Å². The molecule has 0 saturated heterocycles. The maximum atomic E-state index is 13.1. The van der Waals surface area contributed by atoms with E-state index in [0.29, 0.717) is 0 Å². The smallest absolute Gasteiger partial charge is 0.376 e. The molecule has 3 amide bonds. The molecule has 0 heterocycles. The van der Waals surface area contributed by atoms with Crippen LogP contribution in [0, 0.1) is 15.7 Å². The van der Waals surface area contributed by atoms with Gasteiger partial charge < -0.3 is 14.8 Å². The average Bonchev–Trinajstić information content (AvgIpc) is 3.01. The molecule has 0 atom stereocenters. The van der Waals surface area contributed by atoms with E-state index >= 15 is 0 Å². The summed E-state index contributed by atoms with van der Waals surface area (Å²) >= 11 is 6.27. The standard InChI is InChI=1S/C25H34ClN3O8/c1-24(2,3)21(31)36-16-13-15(26)17(18(29(34)35)19(16)37-22(32)25(4,5)6)20(30)28-23(33)27-14-11-9-7-8-10-12-14/h13-14H,7-12H2,1-6H3,(H2-,27,28,30,33,34,35)/p+1. The molecule has 11 nitrogen and oxygen atoms in total. The number of hydrogen-bond acceptors (Lipinski definition) is 7. The van der Waals surface area contributed by atoms with Crippen LogP contribution in [-0.4, -0.2) is 40.0 Å². The second-order valence-electron chi connectivity index (χ2n) is 11.1. The van der Waals surface area contributed by atoms with E-state index in [0.717, 1.165) is 44.6 Å². The van der Waals surface area contributed by atoms with Gasteiger partial charge in [-0.25, -0.2) is 10.0 Å². The summed E-state index contributed by atoms with van der Waals surface area (Å²) < 4.78 is 10.7. The Bertz CT molecular complexity index is 1080. The number of nitrogens with zero attached hydrogens (tertiary/aromatic N) is 1. The molecule has 0 unspecified atom stereocenters. The summed E-state index contributed by atoms with van der Waals surface area (Å²) in [6, 6.07) is 0.0639. The highest BCUT2D eigenvalue weighted by Crippen LogP contribution is 2.45. The maximum Gasteiger partial charge on any atom is 0.376 e. The van der Waals surface area contributed by atoms with E-state index in [-0.39, 0.29) is 6.04 Å². The molecule has 0 aromatic heterocycles. The van der Waals surface area contributed by atoms with Crippen molar-refractivity contribution < 1.29 is 38.8 Å². The third kappa shape index (κ3) is 8.14. The van der Waals surface area contributed by atoms with Gasteiger partial charge in [-0.1, -0.05) is 37.3 Å². The van der Waals surface area contributed by atoms with Gasteiger partial charge in [0.05, 0.1) is 20.8 Å². The zero-order valence-corrected chi connectivity index (χ0v) is 22.8. The SMILES string of the molecule is CC(C)(C)C(=O)Oc1cc(Cl)c(C(=O)NC(=O)NC2CCCCCC2)c([N+](=O)O)c1OC(=O)C(C)(C)C. The summed E-state index contributed by atoms with van der Waals surface area (Å²) in [6.07, 6.45) is 5.55. The molecule has 0 aliphatic heterocycles. The van der Waals surface area contributed by atoms with Crippen LogP contribution >= 0.6 is 11.6 Å². The molecule has 0 radical (unpaired) electrons. The van der Waals surface area contributed by atoms with Crippen LogP contribution in [0.5, 0.6) is 11.5 Å². The number of benzene rings is 1. The van der Waals surface area contributed by atoms with Gasteiger partial charge in [-0.3, -0.25) is 19.7 Å². The van der Waals surface area contributed by atoms with Crippen molar-refractivity contribution in [3.8, 4) is 11.5 Å². The summed E-state index contributed by atoms with van der Waals surface area (Å²) in [5.74, 6) is -3.93. The third-order valence-corrected chi connectivity index (χ3v) is 5.93. The Morgan fingerprint density at radius 3 is 1.95 bits per heavy atom. The minimum Gasteiger partial charge on any atom is -0.422 e. The zero-order valence-electron chi connectivity index (χ0n) is 22.0. The number of hydrogen-bond donors (Lipinski definition) is 3. The molecule has 0 spiro atoms. The molecule has 204 valence electrons. The number of ether oxygens (including phenoxy) is 2. The van der Waals surface area contributed by atoms with E-state index in [4.69, 9.17) is 21.1 Å². The van der Waals surface area contributed by atoms with Crippen LogP contribution in [0.4, 0.5) is 10.5 Å². The molecule has 1 saturated carbocycles. The van der Waals surface area contributed by atoms with Gasteiger partial charge >= 0.3 is 23.7 Å². The fourth-order valence-corrected chi connectivity index (χ4v) is 3.75. The van der Waals surface area contributed by atoms with Crippen LogP contribution in [0.15, 0.2) is 6.07 Å².